The summed E-state index contributed by atoms with van der Waals surface area (Å²) >= 11 is 0. The predicted molar refractivity (Wildman–Crippen MR) is 95.2 cm³/mol. The molecule has 0 aliphatic carbocycles. The van der Waals surface area contributed by atoms with Gasteiger partial charge in [-0.15, -0.1) is 0 Å². The van der Waals surface area contributed by atoms with Crippen LogP contribution < -0.4 is 0 Å². The van der Waals surface area contributed by atoms with Crippen molar-refractivity contribution in [1.82, 2.24) is 9.80 Å². The Bertz CT molecular complexity index is 788. The molecule has 132 valence electrons. The molecule has 4 nitrogen and oxygen atoms in total. The fourth-order valence-corrected chi connectivity index (χ4v) is 4.12. The summed E-state index contributed by atoms with van der Waals surface area (Å²) in [4.78, 5) is 17.5. The van der Waals surface area contributed by atoms with Gasteiger partial charge in [-0.2, -0.15) is 0 Å². The minimum absolute atomic E-state index is 0.00110. The van der Waals surface area contributed by atoms with Gasteiger partial charge in [-0.25, -0.2) is 4.39 Å². The summed E-state index contributed by atoms with van der Waals surface area (Å²) in [6, 6.07) is 10.6. The molecule has 2 aromatic rings. The van der Waals surface area contributed by atoms with Crippen molar-refractivity contribution in [2.24, 2.45) is 5.92 Å². The zero-order valence-corrected chi connectivity index (χ0v) is 14.5. The molecule has 0 aromatic heterocycles. The number of nitrogens with zero attached hydrogens (tertiary/aromatic N) is 2. The number of amides is 1. The van der Waals surface area contributed by atoms with E-state index in [0.29, 0.717) is 28.3 Å². The van der Waals surface area contributed by atoms with E-state index in [1.54, 1.807) is 18.2 Å². The van der Waals surface area contributed by atoms with Gasteiger partial charge in [-0.1, -0.05) is 31.2 Å². The number of hydrogen-bond acceptors (Lipinski definition) is 3. The molecule has 5 heteroatoms. The van der Waals surface area contributed by atoms with Crippen molar-refractivity contribution in [3.8, 4) is 0 Å². The molecule has 2 aliphatic rings. The fourth-order valence-electron chi connectivity index (χ4n) is 4.12. The summed E-state index contributed by atoms with van der Waals surface area (Å²) in [6.45, 7) is 7.06. The average Bonchev–Trinajstić information content (AvgIpc) is 3.04. The molecule has 1 amide bonds. The summed E-state index contributed by atoms with van der Waals surface area (Å²) in [7, 11) is 0. The number of benzene rings is 2. The summed E-state index contributed by atoms with van der Waals surface area (Å²) in [5.74, 6) is 0.140. The predicted octanol–water partition coefficient (Wildman–Crippen LogP) is 2.77. The maximum Gasteiger partial charge on any atom is 0.254 e. The third-order valence-corrected chi connectivity index (χ3v) is 5.48. The Morgan fingerprint density at radius 1 is 1.08 bits per heavy atom. The molecular formula is C20H23FN2O2. The third kappa shape index (κ3) is 3.02. The van der Waals surface area contributed by atoms with E-state index in [4.69, 9.17) is 4.74 Å². The molecule has 2 aliphatic heterocycles. The molecule has 25 heavy (non-hydrogen) atoms. The average molecular weight is 342 g/mol. The van der Waals surface area contributed by atoms with Crippen LogP contribution in [0.15, 0.2) is 36.4 Å². The second kappa shape index (κ2) is 6.73. The summed E-state index contributed by atoms with van der Waals surface area (Å²) in [5, 5.41) is 1.19. The lowest BCUT2D eigenvalue weighted by Gasteiger charge is -2.34. The van der Waals surface area contributed by atoms with Gasteiger partial charge < -0.3 is 9.64 Å². The smallest absolute Gasteiger partial charge is 0.254 e. The Balaban J connectivity index is 1.59. The molecule has 0 radical (unpaired) electrons. The van der Waals surface area contributed by atoms with Gasteiger partial charge >= 0.3 is 0 Å². The molecule has 0 saturated carbocycles. The van der Waals surface area contributed by atoms with E-state index in [1.807, 2.05) is 17.0 Å². The third-order valence-electron chi connectivity index (χ3n) is 5.48. The molecule has 0 bridgehead atoms. The van der Waals surface area contributed by atoms with Crippen LogP contribution in [0.4, 0.5) is 4.39 Å². The van der Waals surface area contributed by atoms with Gasteiger partial charge in [-0.05, 0) is 23.4 Å². The lowest BCUT2D eigenvalue weighted by Crippen LogP contribution is -2.47. The zero-order valence-electron chi connectivity index (χ0n) is 14.5. The number of carbonyl (C=O) groups excluding carboxylic acids is 1. The number of rotatable bonds is 2. The molecule has 0 unspecified atom stereocenters. The monoisotopic (exact) mass is 342 g/mol. The lowest BCUT2D eigenvalue weighted by molar-refractivity contribution is 0.0119. The Morgan fingerprint density at radius 2 is 1.80 bits per heavy atom. The highest BCUT2D eigenvalue weighted by molar-refractivity contribution is 6.07. The Hall–Kier alpha value is -1.98. The Labute approximate surface area is 147 Å². The van der Waals surface area contributed by atoms with Crippen LogP contribution in [0.5, 0.6) is 0 Å². The van der Waals surface area contributed by atoms with Crippen LogP contribution in [0, 0.1) is 11.7 Å². The molecule has 2 aromatic carbocycles. The largest absolute Gasteiger partial charge is 0.379 e. The second-order valence-electron chi connectivity index (χ2n) is 7.04. The van der Waals surface area contributed by atoms with Crippen molar-refractivity contribution in [2.75, 3.05) is 39.4 Å². The number of halogens is 1. The van der Waals surface area contributed by atoms with E-state index in [9.17, 15) is 9.18 Å². The van der Waals surface area contributed by atoms with Gasteiger partial charge in [-0.3, -0.25) is 9.69 Å². The van der Waals surface area contributed by atoms with Crippen molar-refractivity contribution in [2.45, 2.75) is 13.0 Å². The van der Waals surface area contributed by atoms with E-state index >= 15 is 0 Å². The SMILES string of the molecule is C[C@@H]1CN(C(=O)c2ccc(F)c3ccccc23)C[C@H]1N1CCOCC1. The first-order valence-corrected chi connectivity index (χ1v) is 8.93. The summed E-state index contributed by atoms with van der Waals surface area (Å²) in [5.41, 5.74) is 0.590. The van der Waals surface area contributed by atoms with Crippen molar-refractivity contribution in [3.63, 3.8) is 0 Å². The minimum Gasteiger partial charge on any atom is -0.379 e. The number of hydrogen-bond donors (Lipinski definition) is 0. The van der Waals surface area contributed by atoms with Crippen LogP contribution in [0.3, 0.4) is 0 Å². The standard InChI is InChI=1S/C20H23FN2O2/c1-14-12-23(13-19(14)22-8-10-25-11-9-22)20(24)17-6-7-18(21)16-5-3-2-4-15(16)17/h2-7,14,19H,8-13H2,1H3/t14-,19-/m1/s1. The molecule has 2 heterocycles. The first-order valence-electron chi connectivity index (χ1n) is 8.93. The van der Waals surface area contributed by atoms with Gasteiger partial charge in [0.2, 0.25) is 0 Å². The van der Waals surface area contributed by atoms with Crippen LogP contribution in [-0.4, -0.2) is 61.1 Å². The summed E-state index contributed by atoms with van der Waals surface area (Å²) in [6.07, 6.45) is 0. The van der Waals surface area contributed by atoms with Crippen LogP contribution in [0.25, 0.3) is 10.8 Å². The maximum atomic E-state index is 14.0. The van der Waals surface area contributed by atoms with Crippen LogP contribution >= 0.6 is 0 Å². The van der Waals surface area contributed by atoms with Gasteiger partial charge in [0, 0.05) is 43.2 Å². The van der Waals surface area contributed by atoms with Gasteiger partial charge in [0.25, 0.3) is 5.91 Å². The lowest BCUT2D eigenvalue weighted by atomic mass is 10.0. The van der Waals surface area contributed by atoms with Crippen LogP contribution in [0.1, 0.15) is 17.3 Å². The van der Waals surface area contributed by atoms with Crippen molar-refractivity contribution < 1.29 is 13.9 Å². The van der Waals surface area contributed by atoms with E-state index in [1.165, 1.54) is 6.07 Å². The number of fused-ring (bicyclic) bond motifs is 1. The maximum absolute atomic E-state index is 14.0. The van der Waals surface area contributed by atoms with Crippen molar-refractivity contribution in [3.05, 3.63) is 47.8 Å². The topological polar surface area (TPSA) is 32.8 Å². The first kappa shape index (κ1) is 16.5. The number of morpholine rings is 1. The van der Waals surface area contributed by atoms with E-state index in [0.717, 1.165) is 39.4 Å². The Kier molecular flexibility index (Phi) is 4.44. The van der Waals surface area contributed by atoms with E-state index in [2.05, 4.69) is 11.8 Å². The number of carbonyl (C=O) groups is 1. The fraction of sp³-hybridized carbons (Fsp3) is 0.450. The van der Waals surface area contributed by atoms with Crippen LogP contribution in [-0.2, 0) is 4.74 Å². The molecule has 2 fully saturated rings. The first-order chi connectivity index (χ1) is 12.1. The van der Waals surface area contributed by atoms with Gasteiger partial charge in [0.05, 0.1) is 13.2 Å². The number of ether oxygens (including phenoxy) is 1. The molecule has 0 spiro atoms. The van der Waals surface area contributed by atoms with E-state index < -0.39 is 0 Å². The van der Waals surface area contributed by atoms with Crippen LogP contribution in [0.2, 0.25) is 0 Å². The van der Waals surface area contributed by atoms with E-state index in [-0.39, 0.29) is 11.7 Å². The summed E-state index contributed by atoms with van der Waals surface area (Å²) < 4.78 is 19.5. The molecular weight excluding hydrogens is 319 g/mol. The van der Waals surface area contributed by atoms with Gasteiger partial charge in [0.15, 0.2) is 0 Å². The van der Waals surface area contributed by atoms with Gasteiger partial charge in [0.1, 0.15) is 5.82 Å². The molecule has 2 atom stereocenters. The highest BCUT2D eigenvalue weighted by Gasteiger charge is 2.37. The second-order valence-corrected chi connectivity index (χ2v) is 7.04. The highest BCUT2D eigenvalue weighted by Crippen LogP contribution is 2.27. The van der Waals surface area contributed by atoms with Crippen molar-refractivity contribution >= 4 is 16.7 Å². The highest BCUT2D eigenvalue weighted by atomic mass is 19.1. The quantitative estimate of drug-likeness (QED) is 0.841. The zero-order chi connectivity index (χ0) is 17.4. The number of likely N-dealkylation sites (tertiary alicyclic amines) is 1. The van der Waals surface area contributed by atoms with Crippen molar-refractivity contribution in [1.29, 1.82) is 0 Å². The molecule has 2 saturated heterocycles. The molecule has 4 rings (SSSR count). The normalized spacial score (nSPS) is 24.8. The minimum atomic E-state index is -0.284. The molecule has 0 N–H and O–H groups in total. The Morgan fingerprint density at radius 3 is 2.56 bits per heavy atom.